The van der Waals surface area contributed by atoms with Gasteiger partial charge in [-0.1, -0.05) is 27.2 Å². The fourth-order valence-electron chi connectivity index (χ4n) is 3.74. The van der Waals surface area contributed by atoms with Crippen LogP contribution in [0.1, 0.15) is 72.4 Å². The lowest BCUT2D eigenvalue weighted by Gasteiger charge is -2.39. The summed E-state index contributed by atoms with van der Waals surface area (Å²) in [5.74, 6) is 1.70. The molecule has 1 saturated carbocycles. The maximum atomic E-state index is 5.89. The van der Waals surface area contributed by atoms with Crippen molar-refractivity contribution in [3.63, 3.8) is 0 Å². The molecule has 0 aliphatic heterocycles. The number of ether oxygens (including phenoxy) is 2. The molecule has 142 valence electrons. The normalized spacial score (nSPS) is 21.2. The molecule has 1 N–H and O–H groups in total. The summed E-state index contributed by atoms with van der Waals surface area (Å²) in [6.07, 6.45) is 8.17. The molecule has 0 atom stereocenters. The number of anilines is 1. The summed E-state index contributed by atoms with van der Waals surface area (Å²) in [5, 5.41) is 3.72. The molecule has 2 rings (SSSR count). The molecule has 1 aliphatic carbocycles. The quantitative estimate of drug-likeness (QED) is 0.647. The van der Waals surface area contributed by atoms with Crippen molar-refractivity contribution < 1.29 is 9.47 Å². The number of nitrogens with zero attached hydrogens (tertiary/aromatic N) is 1. The van der Waals surface area contributed by atoms with Gasteiger partial charge in [0, 0.05) is 18.8 Å². The Morgan fingerprint density at radius 3 is 2.44 bits per heavy atom. The zero-order valence-electron chi connectivity index (χ0n) is 16.7. The molecule has 1 aromatic heterocycles. The Bertz CT molecular complexity index is 523. The molecule has 4 heteroatoms. The van der Waals surface area contributed by atoms with Gasteiger partial charge in [0.1, 0.15) is 5.69 Å². The van der Waals surface area contributed by atoms with Crippen LogP contribution in [0.15, 0.2) is 12.3 Å². The lowest BCUT2D eigenvalue weighted by atomic mass is 9.69. The summed E-state index contributed by atoms with van der Waals surface area (Å²) < 4.78 is 11.4. The molecule has 1 aromatic rings. The Labute approximate surface area is 153 Å². The fraction of sp³-hybridized carbons (Fsp3) is 0.762. The van der Waals surface area contributed by atoms with E-state index < -0.39 is 0 Å². The van der Waals surface area contributed by atoms with Gasteiger partial charge in [0.2, 0.25) is 0 Å². The maximum Gasteiger partial charge on any atom is 0.166 e. The number of pyridine rings is 1. The van der Waals surface area contributed by atoms with Crippen molar-refractivity contribution >= 4 is 5.69 Å². The number of hydrogen-bond donors (Lipinski definition) is 1. The van der Waals surface area contributed by atoms with Crippen molar-refractivity contribution in [2.45, 2.75) is 79.4 Å². The maximum absolute atomic E-state index is 5.89. The van der Waals surface area contributed by atoms with E-state index in [0.29, 0.717) is 31.3 Å². The molecule has 0 spiro atoms. The predicted octanol–water partition coefficient (Wildman–Crippen LogP) is 5.42. The summed E-state index contributed by atoms with van der Waals surface area (Å²) in [6, 6.07) is 2.55. The van der Waals surface area contributed by atoms with Gasteiger partial charge in [-0.05, 0) is 56.9 Å². The van der Waals surface area contributed by atoms with E-state index in [2.05, 4.69) is 31.1 Å². The molecule has 1 aliphatic rings. The summed E-state index contributed by atoms with van der Waals surface area (Å²) in [5.41, 5.74) is 2.40. The van der Waals surface area contributed by atoms with Crippen LogP contribution in [0.2, 0.25) is 0 Å². The van der Waals surface area contributed by atoms with Crippen molar-refractivity contribution in [2.24, 2.45) is 11.3 Å². The van der Waals surface area contributed by atoms with Gasteiger partial charge in [0.25, 0.3) is 0 Å². The largest absolute Gasteiger partial charge is 0.490 e. The van der Waals surface area contributed by atoms with Crippen molar-refractivity contribution in [3.8, 4) is 5.75 Å². The lowest BCUT2D eigenvalue weighted by molar-refractivity contribution is 0.128. The van der Waals surface area contributed by atoms with Gasteiger partial charge >= 0.3 is 0 Å². The molecule has 0 unspecified atom stereocenters. The van der Waals surface area contributed by atoms with Crippen LogP contribution >= 0.6 is 0 Å². The number of aromatic nitrogens is 1. The minimum atomic E-state index is 0.461. The van der Waals surface area contributed by atoms with Crippen LogP contribution in [0.25, 0.3) is 0 Å². The predicted molar refractivity (Wildman–Crippen MR) is 104 cm³/mol. The van der Waals surface area contributed by atoms with Gasteiger partial charge in [-0.15, -0.1) is 0 Å². The second kappa shape index (κ2) is 9.42. The van der Waals surface area contributed by atoms with Crippen molar-refractivity contribution in [2.75, 3.05) is 18.5 Å². The van der Waals surface area contributed by atoms with Crippen LogP contribution in [0.3, 0.4) is 0 Å². The molecule has 25 heavy (non-hydrogen) atoms. The summed E-state index contributed by atoms with van der Waals surface area (Å²) in [7, 11) is 0. The molecule has 0 saturated heterocycles. The number of nitrogens with one attached hydrogen (secondary N) is 1. The van der Waals surface area contributed by atoms with Gasteiger partial charge in [-0.25, -0.2) is 0 Å². The first-order valence-corrected chi connectivity index (χ1v) is 9.96. The third-order valence-electron chi connectivity index (χ3n) is 5.81. The third kappa shape index (κ3) is 5.34. The average Bonchev–Trinajstić information content (AvgIpc) is 2.62. The van der Waals surface area contributed by atoms with E-state index >= 15 is 0 Å². The molecular formula is C21H36N2O2. The Kier molecular flexibility index (Phi) is 7.55. The second-order valence-corrected chi connectivity index (χ2v) is 7.74. The smallest absolute Gasteiger partial charge is 0.166 e. The molecule has 4 nitrogen and oxygen atoms in total. The van der Waals surface area contributed by atoms with Crippen LogP contribution in [0, 0.1) is 11.3 Å². The van der Waals surface area contributed by atoms with Crippen molar-refractivity contribution in [3.05, 3.63) is 18.0 Å². The summed E-state index contributed by atoms with van der Waals surface area (Å²) >= 11 is 0. The van der Waals surface area contributed by atoms with Crippen LogP contribution in [0.5, 0.6) is 5.75 Å². The van der Waals surface area contributed by atoms with Crippen LogP contribution in [0.4, 0.5) is 5.69 Å². The van der Waals surface area contributed by atoms with Crippen LogP contribution < -0.4 is 10.1 Å². The van der Waals surface area contributed by atoms with Gasteiger partial charge in [-0.3, -0.25) is 4.98 Å². The van der Waals surface area contributed by atoms with E-state index in [1.54, 1.807) is 0 Å². The molecule has 0 amide bonds. The standard InChI is InChI=1S/C21H36N2O2/c1-6-21(4,5)16-9-11-17(12-10-16)23-18-13-14-22-19(15-24-7-2)20(18)25-8-3/h13-14,16-17H,6-12,15H2,1-5H3,(H,22,23)/t16-,17+. The Morgan fingerprint density at radius 1 is 1.12 bits per heavy atom. The molecule has 0 aromatic carbocycles. The monoisotopic (exact) mass is 348 g/mol. The summed E-state index contributed by atoms with van der Waals surface area (Å²) in [4.78, 5) is 4.45. The number of hydrogen-bond acceptors (Lipinski definition) is 4. The molecule has 0 bridgehead atoms. The van der Waals surface area contributed by atoms with E-state index in [4.69, 9.17) is 9.47 Å². The van der Waals surface area contributed by atoms with Gasteiger partial charge in [0.15, 0.2) is 5.75 Å². The minimum absolute atomic E-state index is 0.461. The highest BCUT2D eigenvalue weighted by Crippen LogP contribution is 2.41. The minimum Gasteiger partial charge on any atom is -0.490 e. The first kappa shape index (κ1) is 20.0. The van der Waals surface area contributed by atoms with Gasteiger partial charge < -0.3 is 14.8 Å². The average molecular weight is 349 g/mol. The topological polar surface area (TPSA) is 43.4 Å². The SMILES string of the molecule is CCOCc1nccc(N[C@H]2CC[C@@H](C(C)(C)CC)CC2)c1OCC. The Morgan fingerprint density at radius 2 is 1.84 bits per heavy atom. The Hall–Kier alpha value is -1.29. The van der Waals surface area contributed by atoms with E-state index in [9.17, 15) is 0 Å². The zero-order chi connectivity index (χ0) is 18.3. The molecule has 1 fully saturated rings. The third-order valence-corrected chi connectivity index (χ3v) is 5.81. The molecule has 1 heterocycles. The Balaban J connectivity index is 2.03. The number of rotatable bonds is 9. The highest BCUT2D eigenvalue weighted by molar-refractivity contribution is 5.58. The lowest BCUT2D eigenvalue weighted by Crippen LogP contribution is -2.32. The fourth-order valence-corrected chi connectivity index (χ4v) is 3.74. The van der Waals surface area contributed by atoms with E-state index in [0.717, 1.165) is 23.0 Å². The highest BCUT2D eigenvalue weighted by atomic mass is 16.5. The van der Waals surface area contributed by atoms with Crippen LogP contribution in [-0.4, -0.2) is 24.2 Å². The van der Waals surface area contributed by atoms with Crippen molar-refractivity contribution in [1.82, 2.24) is 4.98 Å². The second-order valence-electron chi connectivity index (χ2n) is 7.74. The van der Waals surface area contributed by atoms with Crippen molar-refractivity contribution in [1.29, 1.82) is 0 Å². The summed E-state index contributed by atoms with van der Waals surface area (Å²) in [6.45, 7) is 13.0. The van der Waals surface area contributed by atoms with E-state index in [1.807, 2.05) is 26.1 Å². The van der Waals surface area contributed by atoms with E-state index in [-0.39, 0.29) is 0 Å². The first-order chi connectivity index (χ1) is 12.0. The van der Waals surface area contributed by atoms with E-state index in [1.165, 1.54) is 32.1 Å². The van der Waals surface area contributed by atoms with Gasteiger partial charge in [-0.2, -0.15) is 0 Å². The van der Waals surface area contributed by atoms with Gasteiger partial charge in [0.05, 0.1) is 18.9 Å². The van der Waals surface area contributed by atoms with Crippen LogP contribution in [-0.2, 0) is 11.3 Å². The molecule has 0 radical (unpaired) electrons. The molecular weight excluding hydrogens is 312 g/mol. The highest BCUT2D eigenvalue weighted by Gasteiger charge is 2.32. The first-order valence-electron chi connectivity index (χ1n) is 9.96. The zero-order valence-corrected chi connectivity index (χ0v) is 16.7.